The second-order valence-corrected chi connectivity index (χ2v) is 14.8. The Bertz CT molecular complexity index is 1970. The van der Waals surface area contributed by atoms with E-state index in [0.29, 0.717) is 48.2 Å². The van der Waals surface area contributed by atoms with Crippen LogP contribution >= 0.6 is 11.6 Å². The van der Waals surface area contributed by atoms with Crippen molar-refractivity contribution in [1.29, 1.82) is 5.26 Å². The van der Waals surface area contributed by atoms with Crippen molar-refractivity contribution in [3.63, 3.8) is 0 Å². The van der Waals surface area contributed by atoms with E-state index >= 15 is 0 Å². The number of piperidine rings is 1. The molecule has 4 aromatic rings. The molecule has 2 fully saturated rings. The Balaban J connectivity index is 1.14. The number of unbranched alkanes of at least 4 members (excludes halogenated alkanes) is 1. The second-order valence-electron chi connectivity index (χ2n) is 14.3. The van der Waals surface area contributed by atoms with Crippen molar-refractivity contribution in [2.24, 2.45) is 0 Å². The monoisotopic (exact) mass is 752 g/mol. The van der Waals surface area contributed by atoms with Gasteiger partial charge in [0.25, 0.3) is 0 Å². The number of aryl methyl sites for hydroxylation is 1. The number of pyridine rings is 1. The number of carboxylic acids is 1. The molecule has 10 nitrogen and oxygen atoms in total. The summed E-state index contributed by atoms with van der Waals surface area (Å²) in [5.41, 5.74) is 7.39. The van der Waals surface area contributed by atoms with Gasteiger partial charge in [0.1, 0.15) is 42.6 Å². The average Bonchev–Trinajstić information content (AvgIpc) is 3.59. The predicted molar refractivity (Wildman–Crippen MR) is 208 cm³/mol. The minimum atomic E-state index is -0.832. The molecule has 54 heavy (non-hydrogen) atoms. The first kappa shape index (κ1) is 39.0. The minimum Gasteiger partial charge on any atom is -0.494 e. The van der Waals surface area contributed by atoms with Crippen LogP contribution in [0.25, 0.3) is 11.1 Å². The fraction of sp³-hybridized carbons (Fsp3) is 0.419. The minimum absolute atomic E-state index is 0.161. The molecule has 0 amide bonds. The summed E-state index contributed by atoms with van der Waals surface area (Å²) in [5, 5.41) is 29.4. The van der Waals surface area contributed by atoms with Gasteiger partial charge in [0, 0.05) is 49.2 Å². The van der Waals surface area contributed by atoms with Gasteiger partial charge in [-0.15, -0.1) is 0 Å². The molecule has 1 aromatic heterocycles. The lowest BCUT2D eigenvalue weighted by molar-refractivity contribution is -0.144. The molecule has 2 aliphatic heterocycles. The van der Waals surface area contributed by atoms with Crippen LogP contribution < -0.4 is 14.2 Å². The van der Waals surface area contributed by atoms with E-state index in [0.717, 1.165) is 96.4 Å². The molecule has 3 aromatic carbocycles. The number of carboxylic acid groups (broad SMARTS) is 1. The van der Waals surface area contributed by atoms with Crippen molar-refractivity contribution in [2.75, 3.05) is 32.8 Å². The Morgan fingerprint density at radius 3 is 2.57 bits per heavy atom. The zero-order valence-electron chi connectivity index (χ0n) is 31.1. The van der Waals surface area contributed by atoms with E-state index in [-0.39, 0.29) is 19.3 Å². The lowest BCUT2D eigenvalue weighted by Gasteiger charge is -2.33. The van der Waals surface area contributed by atoms with Crippen LogP contribution in [-0.2, 0) is 24.6 Å². The van der Waals surface area contributed by atoms with Crippen LogP contribution in [0.2, 0.25) is 5.02 Å². The fourth-order valence-corrected chi connectivity index (χ4v) is 7.61. The summed E-state index contributed by atoms with van der Waals surface area (Å²) in [7, 11) is 0. The molecule has 0 saturated carbocycles. The van der Waals surface area contributed by atoms with Gasteiger partial charge in [0.05, 0.1) is 23.3 Å². The number of nitrogens with zero attached hydrogens (tertiary/aromatic N) is 4. The van der Waals surface area contributed by atoms with E-state index in [9.17, 15) is 20.3 Å². The van der Waals surface area contributed by atoms with Crippen molar-refractivity contribution >= 4 is 17.6 Å². The molecular formula is C43H49ClN4O6. The number of halogens is 1. The van der Waals surface area contributed by atoms with Crippen molar-refractivity contribution in [1.82, 2.24) is 14.8 Å². The zero-order valence-corrected chi connectivity index (χ0v) is 31.9. The molecule has 0 spiro atoms. The number of carbonyl (C=O) groups is 1. The molecule has 3 heterocycles. The maximum Gasteiger partial charge on any atom is 0.320 e. The highest BCUT2D eigenvalue weighted by molar-refractivity contribution is 6.32. The maximum atomic E-state index is 12.1. The van der Waals surface area contributed by atoms with Crippen molar-refractivity contribution in [2.45, 2.75) is 84.3 Å². The quantitative estimate of drug-likeness (QED) is 0.110. The summed E-state index contributed by atoms with van der Waals surface area (Å²) in [5.74, 6) is 1.00. The summed E-state index contributed by atoms with van der Waals surface area (Å²) in [6.07, 6.45) is 8.24. The van der Waals surface area contributed by atoms with Gasteiger partial charge in [-0.1, -0.05) is 42.3 Å². The highest BCUT2D eigenvalue weighted by Crippen LogP contribution is 2.37. The molecule has 2 saturated heterocycles. The van der Waals surface area contributed by atoms with Gasteiger partial charge in [-0.25, -0.2) is 0 Å². The molecular weight excluding hydrogens is 704 g/mol. The van der Waals surface area contributed by atoms with E-state index in [1.54, 1.807) is 24.4 Å². The lowest BCUT2D eigenvalue weighted by Crippen LogP contribution is -2.44. The number of ether oxygens (including phenoxy) is 3. The molecule has 2 N–H and O–H groups in total. The van der Waals surface area contributed by atoms with Crippen LogP contribution in [0, 0.1) is 25.2 Å². The number of β-amino-alcohol motifs (C(OH)–C–C–N with tert-alkyl or cyclic N) is 1. The molecule has 2 aliphatic rings. The summed E-state index contributed by atoms with van der Waals surface area (Å²) >= 11 is 6.85. The van der Waals surface area contributed by atoms with Crippen LogP contribution in [-0.4, -0.2) is 75.9 Å². The normalized spacial score (nSPS) is 17.6. The number of hydrogen-bond donors (Lipinski definition) is 2. The van der Waals surface area contributed by atoms with Gasteiger partial charge in [0.2, 0.25) is 0 Å². The first-order chi connectivity index (χ1) is 26.2. The molecule has 0 bridgehead atoms. The Kier molecular flexibility index (Phi) is 13.4. The number of aliphatic hydroxyl groups excluding tert-OH is 1. The third kappa shape index (κ3) is 10.1. The first-order valence-corrected chi connectivity index (χ1v) is 19.2. The van der Waals surface area contributed by atoms with Crippen molar-refractivity contribution in [3.8, 4) is 34.4 Å². The Morgan fingerprint density at radius 1 is 0.944 bits per heavy atom. The molecule has 284 valence electrons. The number of benzene rings is 3. The summed E-state index contributed by atoms with van der Waals surface area (Å²) in [4.78, 5) is 20.5. The number of aliphatic hydroxyl groups is 1. The molecule has 11 heteroatoms. The van der Waals surface area contributed by atoms with Crippen LogP contribution in [0.15, 0.2) is 67.0 Å². The topological polar surface area (TPSA) is 128 Å². The number of aromatic nitrogens is 1. The van der Waals surface area contributed by atoms with Crippen molar-refractivity contribution < 1.29 is 29.2 Å². The largest absolute Gasteiger partial charge is 0.494 e. The molecule has 0 radical (unpaired) electrons. The van der Waals surface area contributed by atoms with Gasteiger partial charge in [-0.05, 0) is 111 Å². The first-order valence-electron chi connectivity index (χ1n) is 18.8. The Morgan fingerprint density at radius 2 is 1.80 bits per heavy atom. The Hall–Kier alpha value is -4.66. The SMILES string of the molecule is Cc1cc(OCCCCN2CC[C@@H](O)C2)ccc1-c1cccc(COc2cc(OCc3cncc(C#N)c3)c(CN3CCCC[C@H]3C(=O)O)cc2Cl)c1C. The zero-order chi connectivity index (χ0) is 38.0. The van der Waals surface area contributed by atoms with E-state index < -0.39 is 12.0 Å². The van der Waals surface area contributed by atoms with Crippen LogP contribution in [0.5, 0.6) is 17.2 Å². The molecule has 0 unspecified atom stereocenters. The van der Waals surface area contributed by atoms with Crippen LogP contribution in [0.4, 0.5) is 0 Å². The van der Waals surface area contributed by atoms with Gasteiger partial charge < -0.3 is 29.3 Å². The van der Waals surface area contributed by atoms with E-state index in [1.807, 2.05) is 23.1 Å². The molecule has 0 aliphatic carbocycles. The van der Waals surface area contributed by atoms with E-state index in [1.165, 1.54) is 6.20 Å². The lowest BCUT2D eigenvalue weighted by atomic mass is 9.93. The number of nitriles is 1. The summed E-state index contributed by atoms with van der Waals surface area (Å²) in [6.45, 7) is 9.06. The Labute approximate surface area is 322 Å². The maximum absolute atomic E-state index is 12.1. The average molecular weight is 753 g/mol. The van der Waals surface area contributed by atoms with Gasteiger partial charge in [-0.3, -0.25) is 14.7 Å². The number of aliphatic carboxylic acids is 1. The summed E-state index contributed by atoms with van der Waals surface area (Å²) < 4.78 is 18.8. The van der Waals surface area contributed by atoms with Gasteiger partial charge >= 0.3 is 5.97 Å². The fourth-order valence-electron chi connectivity index (χ4n) is 7.37. The predicted octanol–water partition coefficient (Wildman–Crippen LogP) is 7.71. The highest BCUT2D eigenvalue weighted by Gasteiger charge is 2.29. The van der Waals surface area contributed by atoms with Gasteiger partial charge in [-0.2, -0.15) is 5.26 Å². The third-order valence-electron chi connectivity index (χ3n) is 10.4. The standard InChI is InChI=1S/C43H49ClN4O6/c1-29-18-36(52-17-6-5-14-47-16-13-35(49)26-47)11-12-37(29)38-9-7-8-33(30(38)2)28-54-42-21-41(53-27-32-19-31(22-45)23-46-24-32)34(20-39(42)44)25-48-15-4-3-10-40(48)43(50)51/h7-9,11-12,18-21,23-24,35,40,49H,3-6,10,13-17,25-28H2,1-2H3,(H,50,51)/t35-,40+/m1/s1. The smallest absolute Gasteiger partial charge is 0.320 e. The highest BCUT2D eigenvalue weighted by atomic mass is 35.5. The number of rotatable bonds is 16. The van der Waals surface area contributed by atoms with Crippen molar-refractivity contribution in [3.05, 3.63) is 105 Å². The van der Waals surface area contributed by atoms with Crippen LogP contribution in [0.1, 0.15) is 71.9 Å². The second kappa shape index (κ2) is 18.6. The number of likely N-dealkylation sites (tertiary alicyclic amines) is 2. The van der Waals surface area contributed by atoms with Crippen LogP contribution in [0.3, 0.4) is 0 Å². The third-order valence-corrected chi connectivity index (χ3v) is 10.7. The number of hydrogen-bond acceptors (Lipinski definition) is 9. The molecule has 2 atom stereocenters. The van der Waals surface area contributed by atoms with E-state index in [4.69, 9.17) is 25.8 Å². The summed E-state index contributed by atoms with van der Waals surface area (Å²) in [6, 6.07) is 19.3. The van der Waals surface area contributed by atoms with Gasteiger partial charge in [0.15, 0.2) is 0 Å². The van der Waals surface area contributed by atoms with E-state index in [2.05, 4.69) is 48.0 Å². The molecule has 6 rings (SSSR count).